The third kappa shape index (κ3) is 2.75. The van der Waals surface area contributed by atoms with Gasteiger partial charge >= 0.3 is 6.09 Å². The van der Waals surface area contributed by atoms with Gasteiger partial charge in [0.25, 0.3) is 0 Å². The van der Waals surface area contributed by atoms with Gasteiger partial charge in [0, 0.05) is 6.20 Å². The minimum Gasteiger partial charge on any atom is -0.463 e. The summed E-state index contributed by atoms with van der Waals surface area (Å²) in [7, 11) is 0. The van der Waals surface area contributed by atoms with E-state index < -0.39 is 11.7 Å². The van der Waals surface area contributed by atoms with Crippen molar-refractivity contribution in [3.63, 3.8) is 0 Å². The molecule has 0 N–H and O–H groups in total. The van der Waals surface area contributed by atoms with Crippen LogP contribution in [0, 0.1) is 0 Å². The number of carbonyl (C=O) groups is 1. The second-order valence-corrected chi connectivity index (χ2v) is 4.60. The van der Waals surface area contributed by atoms with Crippen LogP contribution in [0.1, 0.15) is 20.8 Å². The van der Waals surface area contributed by atoms with Crippen LogP contribution in [0.5, 0.6) is 0 Å². The van der Waals surface area contributed by atoms with E-state index in [0.717, 1.165) is 4.68 Å². The Morgan fingerprint density at radius 2 is 2.18 bits per heavy atom. The van der Waals surface area contributed by atoms with Crippen molar-refractivity contribution in [2.45, 2.75) is 26.4 Å². The fourth-order valence-electron chi connectivity index (χ4n) is 1.29. The van der Waals surface area contributed by atoms with Gasteiger partial charge in [0.15, 0.2) is 5.76 Å². The molecule has 17 heavy (non-hydrogen) atoms. The second kappa shape index (κ2) is 4.08. The third-order valence-corrected chi connectivity index (χ3v) is 1.94. The minimum absolute atomic E-state index is 0.504. The molecule has 0 aromatic carbocycles. The molecule has 0 saturated heterocycles. The first-order valence-electron chi connectivity index (χ1n) is 5.28. The Labute approximate surface area is 99.0 Å². The van der Waals surface area contributed by atoms with E-state index in [0.29, 0.717) is 11.5 Å². The lowest BCUT2D eigenvalue weighted by molar-refractivity contribution is 0.0515. The molecule has 0 spiro atoms. The number of carbonyl (C=O) groups excluding carboxylic acids is 1. The zero-order chi connectivity index (χ0) is 12.5. The molecule has 0 aliphatic carbocycles. The van der Waals surface area contributed by atoms with Crippen LogP contribution in [-0.2, 0) is 4.74 Å². The van der Waals surface area contributed by atoms with Gasteiger partial charge in [-0.15, -0.1) is 0 Å². The van der Waals surface area contributed by atoms with Crippen molar-refractivity contribution in [3.05, 3.63) is 30.7 Å². The van der Waals surface area contributed by atoms with Gasteiger partial charge in [-0.3, -0.25) is 0 Å². The molecular formula is C12H14N2O3. The molecule has 0 saturated carbocycles. The fraction of sp³-hybridized carbons (Fsp3) is 0.333. The maximum atomic E-state index is 11.7. The molecule has 5 nitrogen and oxygen atoms in total. The highest BCUT2D eigenvalue weighted by molar-refractivity contribution is 5.70. The predicted molar refractivity (Wildman–Crippen MR) is 61.6 cm³/mol. The molecule has 0 unspecified atom stereocenters. The van der Waals surface area contributed by atoms with E-state index in [9.17, 15) is 4.79 Å². The fourth-order valence-corrected chi connectivity index (χ4v) is 1.29. The van der Waals surface area contributed by atoms with E-state index in [1.807, 2.05) is 20.8 Å². The summed E-state index contributed by atoms with van der Waals surface area (Å²) in [5.41, 5.74) is 0.0642. The standard InChI is InChI=1S/C12H14N2O3/c1-12(2,3)17-11(15)14-7-6-9(13-14)10-5-4-8-16-10/h4-8H,1-3H3. The molecule has 2 aromatic heterocycles. The van der Waals surface area contributed by atoms with Crippen molar-refractivity contribution in [2.75, 3.05) is 0 Å². The summed E-state index contributed by atoms with van der Waals surface area (Å²) in [5, 5.41) is 4.09. The van der Waals surface area contributed by atoms with E-state index in [2.05, 4.69) is 5.10 Å². The molecule has 2 rings (SSSR count). The SMILES string of the molecule is CC(C)(C)OC(=O)n1ccc(-c2ccco2)n1. The monoisotopic (exact) mass is 234 g/mol. The molecule has 0 radical (unpaired) electrons. The molecule has 2 aromatic rings. The highest BCUT2D eigenvalue weighted by Crippen LogP contribution is 2.17. The Balaban J connectivity index is 2.16. The normalized spacial score (nSPS) is 11.5. The van der Waals surface area contributed by atoms with Crippen molar-refractivity contribution in [3.8, 4) is 11.5 Å². The smallest absolute Gasteiger partial charge is 0.435 e. The molecular weight excluding hydrogens is 220 g/mol. The van der Waals surface area contributed by atoms with Gasteiger partial charge in [-0.05, 0) is 39.0 Å². The average molecular weight is 234 g/mol. The number of nitrogens with zero attached hydrogens (tertiary/aromatic N) is 2. The van der Waals surface area contributed by atoms with Gasteiger partial charge in [-0.2, -0.15) is 9.78 Å². The van der Waals surface area contributed by atoms with E-state index in [1.165, 1.54) is 0 Å². The molecule has 0 fully saturated rings. The number of rotatable bonds is 1. The van der Waals surface area contributed by atoms with E-state index >= 15 is 0 Å². The van der Waals surface area contributed by atoms with Crippen LogP contribution in [-0.4, -0.2) is 21.5 Å². The first kappa shape index (κ1) is 11.4. The summed E-state index contributed by atoms with van der Waals surface area (Å²) >= 11 is 0. The summed E-state index contributed by atoms with van der Waals surface area (Å²) in [6.45, 7) is 5.42. The van der Waals surface area contributed by atoms with Gasteiger partial charge in [0.2, 0.25) is 0 Å². The van der Waals surface area contributed by atoms with Crippen LogP contribution >= 0.6 is 0 Å². The minimum atomic E-state index is -0.534. The number of aromatic nitrogens is 2. The van der Waals surface area contributed by atoms with Crippen molar-refractivity contribution in [2.24, 2.45) is 0 Å². The summed E-state index contributed by atoms with van der Waals surface area (Å²) in [4.78, 5) is 11.7. The number of hydrogen-bond donors (Lipinski definition) is 0. The Morgan fingerprint density at radius 3 is 2.76 bits per heavy atom. The van der Waals surface area contributed by atoms with Crippen LogP contribution < -0.4 is 0 Å². The van der Waals surface area contributed by atoms with Gasteiger partial charge < -0.3 is 9.15 Å². The Hall–Kier alpha value is -2.04. The summed E-state index contributed by atoms with van der Waals surface area (Å²) in [6.07, 6.45) is 2.60. The van der Waals surface area contributed by atoms with Crippen LogP contribution in [0.25, 0.3) is 11.5 Å². The maximum absolute atomic E-state index is 11.7. The van der Waals surface area contributed by atoms with Crippen LogP contribution in [0.2, 0.25) is 0 Å². The molecule has 0 bridgehead atoms. The van der Waals surface area contributed by atoms with E-state index in [1.54, 1.807) is 30.7 Å². The Bertz CT molecular complexity index is 506. The third-order valence-electron chi connectivity index (χ3n) is 1.94. The quantitative estimate of drug-likeness (QED) is 0.761. The zero-order valence-electron chi connectivity index (χ0n) is 10.0. The van der Waals surface area contributed by atoms with Gasteiger partial charge in [-0.1, -0.05) is 0 Å². The first-order valence-corrected chi connectivity index (χ1v) is 5.28. The Morgan fingerprint density at radius 1 is 1.41 bits per heavy atom. The maximum Gasteiger partial charge on any atom is 0.435 e. The van der Waals surface area contributed by atoms with Gasteiger partial charge in [0.05, 0.1) is 6.26 Å². The summed E-state index contributed by atoms with van der Waals surface area (Å²) in [6, 6.07) is 5.24. The van der Waals surface area contributed by atoms with Gasteiger partial charge in [-0.25, -0.2) is 4.79 Å². The van der Waals surface area contributed by atoms with Crippen molar-refractivity contribution >= 4 is 6.09 Å². The highest BCUT2D eigenvalue weighted by Gasteiger charge is 2.18. The molecule has 0 aliphatic heterocycles. The van der Waals surface area contributed by atoms with Crippen LogP contribution in [0.3, 0.4) is 0 Å². The van der Waals surface area contributed by atoms with Gasteiger partial charge in [0.1, 0.15) is 11.3 Å². The van der Waals surface area contributed by atoms with Crippen molar-refractivity contribution < 1.29 is 13.9 Å². The van der Waals surface area contributed by atoms with E-state index in [4.69, 9.17) is 9.15 Å². The number of furan rings is 1. The zero-order valence-corrected chi connectivity index (χ0v) is 10.0. The lowest BCUT2D eigenvalue weighted by atomic mass is 10.2. The predicted octanol–water partition coefficient (Wildman–Crippen LogP) is 2.93. The summed E-state index contributed by atoms with van der Waals surface area (Å²) in [5.74, 6) is 0.618. The number of hydrogen-bond acceptors (Lipinski definition) is 4. The van der Waals surface area contributed by atoms with Crippen LogP contribution in [0.15, 0.2) is 35.1 Å². The molecule has 2 heterocycles. The second-order valence-electron chi connectivity index (χ2n) is 4.60. The van der Waals surface area contributed by atoms with Crippen LogP contribution in [0.4, 0.5) is 4.79 Å². The molecule has 0 amide bonds. The molecule has 0 atom stereocenters. The molecule has 0 aliphatic rings. The average Bonchev–Trinajstić information content (AvgIpc) is 2.86. The molecule has 90 valence electrons. The van der Waals surface area contributed by atoms with E-state index in [-0.39, 0.29) is 0 Å². The lowest BCUT2D eigenvalue weighted by Gasteiger charge is -2.18. The first-order chi connectivity index (χ1) is 7.96. The summed E-state index contributed by atoms with van der Waals surface area (Å²) < 4.78 is 11.5. The van der Waals surface area contributed by atoms with Crippen molar-refractivity contribution in [1.29, 1.82) is 0 Å². The topological polar surface area (TPSA) is 57.3 Å². The highest BCUT2D eigenvalue weighted by atomic mass is 16.6. The largest absolute Gasteiger partial charge is 0.463 e. The lowest BCUT2D eigenvalue weighted by Crippen LogP contribution is -2.27. The molecule has 5 heteroatoms. The van der Waals surface area contributed by atoms with Crippen molar-refractivity contribution in [1.82, 2.24) is 9.78 Å². The number of ether oxygens (including phenoxy) is 1. The Kier molecular flexibility index (Phi) is 2.75.